The average Bonchev–Trinajstić information content (AvgIpc) is 2.71. The molecule has 0 bridgehead atoms. The van der Waals surface area contributed by atoms with Gasteiger partial charge in [0.25, 0.3) is 5.91 Å². The molecule has 5 heteroatoms. The van der Waals surface area contributed by atoms with Gasteiger partial charge in [0.1, 0.15) is 11.5 Å². The van der Waals surface area contributed by atoms with Crippen LogP contribution < -0.4 is 10.6 Å². The van der Waals surface area contributed by atoms with Crippen LogP contribution in [0.5, 0.6) is 0 Å². The Balaban J connectivity index is 1.87. The highest BCUT2D eigenvalue weighted by Gasteiger charge is 2.13. The maximum absolute atomic E-state index is 12.6. The van der Waals surface area contributed by atoms with Gasteiger partial charge in [-0.05, 0) is 18.4 Å². The van der Waals surface area contributed by atoms with E-state index < -0.39 is 0 Å². The number of carbonyl (C=O) groups is 1. The van der Waals surface area contributed by atoms with Gasteiger partial charge in [-0.15, -0.1) is 0 Å². The van der Waals surface area contributed by atoms with Gasteiger partial charge in [0.2, 0.25) is 0 Å². The number of nitrogens with zero attached hydrogens (tertiary/aromatic N) is 2. The molecule has 144 valence electrons. The smallest absolute Gasteiger partial charge is 0.270 e. The summed E-state index contributed by atoms with van der Waals surface area (Å²) in [5.74, 6) is 1.35. The first-order valence-electron chi connectivity index (χ1n) is 9.53. The molecule has 0 unspecified atom stereocenters. The predicted molar refractivity (Wildman–Crippen MR) is 113 cm³/mol. The summed E-state index contributed by atoms with van der Waals surface area (Å²) >= 11 is 0. The highest BCUT2D eigenvalue weighted by Crippen LogP contribution is 2.18. The maximum Gasteiger partial charge on any atom is 0.270 e. The minimum absolute atomic E-state index is 0.188. The molecule has 0 aliphatic rings. The topological polar surface area (TPSA) is 66.9 Å². The largest absolute Gasteiger partial charge is 0.366 e. The van der Waals surface area contributed by atoms with Gasteiger partial charge < -0.3 is 10.6 Å². The molecular formula is C23H26N4O. The molecular weight excluding hydrogens is 348 g/mol. The van der Waals surface area contributed by atoms with Crippen molar-refractivity contribution in [3.8, 4) is 11.4 Å². The van der Waals surface area contributed by atoms with Crippen molar-refractivity contribution in [1.82, 2.24) is 15.3 Å². The Kier molecular flexibility index (Phi) is 6.37. The fraction of sp³-hybridized carbons (Fsp3) is 0.261. The Bertz CT molecular complexity index is 938. The molecule has 0 aliphatic carbocycles. The van der Waals surface area contributed by atoms with Crippen LogP contribution in [-0.2, 0) is 6.54 Å². The third-order valence-corrected chi connectivity index (χ3v) is 4.22. The van der Waals surface area contributed by atoms with Crippen molar-refractivity contribution in [2.75, 3.05) is 11.9 Å². The first-order valence-corrected chi connectivity index (χ1v) is 9.53. The van der Waals surface area contributed by atoms with Crippen LogP contribution in [0.2, 0.25) is 0 Å². The van der Waals surface area contributed by atoms with Gasteiger partial charge in [0, 0.05) is 24.7 Å². The molecule has 5 nitrogen and oxygen atoms in total. The summed E-state index contributed by atoms with van der Waals surface area (Å²) in [5.41, 5.74) is 3.60. The normalized spacial score (nSPS) is 10.7. The van der Waals surface area contributed by atoms with E-state index in [2.05, 4.69) is 59.6 Å². The molecule has 0 spiro atoms. The molecule has 0 radical (unpaired) electrons. The first kappa shape index (κ1) is 19.5. The third-order valence-electron chi connectivity index (χ3n) is 4.22. The molecule has 1 amide bonds. The molecule has 1 aromatic heterocycles. The quantitative estimate of drug-likeness (QED) is 0.641. The van der Waals surface area contributed by atoms with Crippen LogP contribution in [0, 0.1) is 12.8 Å². The van der Waals surface area contributed by atoms with E-state index in [-0.39, 0.29) is 5.91 Å². The van der Waals surface area contributed by atoms with Crippen LogP contribution in [0.4, 0.5) is 5.82 Å². The van der Waals surface area contributed by atoms with E-state index in [0.717, 1.165) is 11.1 Å². The zero-order valence-corrected chi connectivity index (χ0v) is 16.6. The Labute approximate surface area is 166 Å². The Morgan fingerprint density at radius 1 is 1.00 bits per heavy atom. The van der Waals surface area contributed by atoms with Crippen LogP contribution in [-0.4, -0.2) is 22.4 Å². The number of aromatic nitrogens is 2. The molecule has 28 heavy (non-hydrogen) atoms. The predicted octanol–water partition coefficient (Wildman–Crippen LogP) is 4.45. The summed E-state index contributed by atoms with van der Waals surface area (Å²) in [4.78, 5) is 21.7. The summed E-state index contributed by atoms with van der Waals surface area (Å²) in [6, 6.07) is 19.7. The number of amides is 1. The summed E-state index contributed by atoms with van der Waals surface area (Å²) in [7, 11) is 0. The molecule has 1 heterocycles. The van der Waals surface area contributed by atoms with E-state index in [9.17, 15) is 4.79 Å². The van der Waals surface area contributed by atoms with Crippen LogP contribution in [0.3, 0.4) is 0 Å². The summed E-state index contributed by atoms with van der Waals surface area (Å²) in [6.45, 7) is 7.42. The summed E-state index contributed by atoms with van der Waals surface area (Å²) < 4.78 is 0. The number of aryl methyl sites for hydroxylation is 1. The minimum atomic E-state index is -0.188. The lowest BCUT2D eigenvalue weighted by Gasteiger charge is -2.12. The molecule has 0 saturated heterocycles. The van der Waals surface area contributed by atoms with Crippen molar-refractivity contribution in [3.05, 3.63) is 77.5 Å². The number of anilines is 1. The van der Waals surface area contributed by atoms with Crippen molar-refractivity contribution in [3.63, 3.8) is 0 Å². The van der Waals surface area contributed by atoms with E-state index in [1.807, 2.05) is 36.4 Å². The highest BCUT2D eigenvalue weighted by molar-refractivity contribution is 5.93. The monoisotopic (exact) mass is 374 g/mol. The van der Waals surface area contributed by atoms with Crippen molar-refractivity contribution in [2.45, 2.75) is 27.3 Å². The number of nitrogens with one attached hydrogen (secondary N) is 2. The van der Waals surface area contributed by atoms with E-state index in [1.54, 1.807) is 6.07 Å². The first-order chi connectivity index (χ1) is 13.5. The van der Waals surface area contributed by atoms with Crippen molar-refractivity contribution >= 4 is 11.7 Å². The maximum atomic E-state index is 12.6. The molecule has 2 aromatic carbocycles. The fourth-order valence-electron chi connectivity index (χ4n) is 2.77. The molecule has 0 saturated carbocycles. The minimum Gasteiger partial charge on any atom is -0.366 e. The molecule has 3 rings (SSSR count). The van der Waals surface area contributed by atoms with Gasteiger partial charge in [0.05, 0.1) is 0 Å². The second kappa shape index (κ2) is 9.13. The Morgan fingerprint density at radius 3 is 2.50 bits per heavy atom. The van der Waals surface area contributed by atoms with Crippen molar-refractivity contribution in [2.24, 2.45) is 5.92 Å². The second-order valence-corrected chi connectivity index (χ2v) is 7.27. The van der Waals surface area contributed by atoms with Gasteiger partial charge in [-0.1, -0.05) is 74.0 Å². The average molecular weight is 374 g/mol. The zero-order valence-electron chi connectivity index (χ0n) is 16.6. The van der Waals surface area contributed by atoms with Gasteiger partial charge in [-0.3, -0.25) is 4.79 Å². The van der Waals surface area contributed by atoms with Gasteiger partial charge in [0.15, 0.2) is 5.82 Å². The number of hydrogen-bond donors (Lipinski definition) is 2. The SMILES string of the molecule is Cc1cccc(CNc2cc(C(=O)NCC(C)C)nc(-c3ccccc3)n2)c1. The standard InChI is InChI=1S/C23H26N4O/c1-16(2)14-25-23(28)20-13-21(24-15-18-9-7-8-17(3)12-18)27-22(26-20)19-10-5-4-6-11-19/h4-13,16H,14-15H2,1-3H3,(H,25,28)(H,24,26,27). The Hall–Kier alpha value is -3.21. The molecule has 0 fully saturated rings. The van der Waals surface area contributed by atoms with Gasteiger partial charge >= 0.3 is 0 Å². The lowest BCUT2D eigenvalue weighted by atomic mass is 10.1. The summed E-state index contributed by atoms with van der Waals surface area (Å²) in [5, 5.41) is 6.26. The number of rotatable bonds is 7. The molecule has 3 aromatic rings. The summed E-state index contributed by atoms with van der Waals surface area (Å²) in [6.07, 6.45) is 0. The van der Waals surface area contributed by atoms with E-state index in [4.69, 9.17) is 0 Å². The van der Waals surface area contributed by atoms with E-state index >= 15 is 0 Å². The highest BCUT2D eigenvalue weighted by atomic mass is 16.1. The van der Waals surface area contributed by atoms with Crippen LogP contribution >= 0.6 is 0 Å². The number of carbonyl (C=O) groups excluding carboxylic acids is 1. The Morgan fingerprint density at radius 2 is 1.79 bits per heavy atom. The van der Waals surface area contributed by atoms with Crippen LogP contribution in [0.1, 0.15) is 35.5 Å². The lowest BCUT2D eigenvalue weighted by molar-refractivity contribution is 0.0944. The van der Waals surface area contributed by atoms with Crippen molar-refractivity contribution < 1.29 is 4.79 Å². The molecule has 2 N–H and O–H groups in total. The second-order valence-electron chi connectivity index (χ2n) is 7.27. The van der Waals surface area contributed by atoms with Gasteiger partial charge in [-0.25, -0.2) is 9.97 Å². The van der Waals surface area contributed by atoms with Crippen molar-refractivity contribution in [1.29, 1.82) is 0 Å². The lowest BCUT2D eigenvalue weighted by Crippen LogP contribution is -2.28. The van der Waals surface area contributed by atoms with E-state index in [0.29, 0.717) is 36.3 Å². The molecule has 0 aliphatic heterocycles. The number of benzene rings is 2. The third kappa shape index (κ3) is 5.39. The van der Waals surface area contributed by atoms with E-state index in [1.165, 1.54) is 5.56 Å². The number of hydrogen-bond acceptors (Lipinski definition) is 4. The van der Waals surface area contributed by atoms with Gasteiger partial charge in [-0.2, -0.15) is 0 Å². The zero-order chi connectivity index (χ0) is 19.9. The molecule has 0 atom stereocenters. The van der Waals surface area contributed by atoms with Crippen LogP contribution in [0.25, 0.3) is 11.4 Å². The van der Waals surface area contributed by atoms with Crippen LogP contribution in [0.15, 0.2) is 60.7 Å². The fourth-order valence-corrected chi connectivity index (χ4v) is 2.77.